The molecule has 0 saturated heterocycles. The number of hydrogen-bond acceptors (Lipinski definition) is 5. The van der Waals surface area contributed by atoms with Gasteiger partial charge in [-0.3, -0.25) is 9.88 Å². The van der Waals surface area contributed by atoms with Gasteiger partial charge in [0.05, 0.1) is 5.69 Å². The lowest BCUT2D eigenvalue weighted by molar-refractivity contribution is 0.241. The zero-order valence-corrected chi connectivity index (χ0v) is 13.0. The van der Waals surface area contributed by atoms with E-state index in [-0.39, 0.29) is 0 Å². The van der Waals surface area contributed by atoms with Crippen molar-refractivity contribution in [3.8, 4) is 11.4 Å². The Morgan fingerprint density at radius 1 is 1.23 bits per heavy atom. The van der Waals surface area contributed by atoms with Gasteiger partial charge in [-0.05, 0) is 46.5 Å². The molecular formula is C17H16N4S. The Bertz CT molecular complexity index is 756. The zero-order chi connectivity index (χ0) is 14.8. The summed E-state index contributed by atoms with van der Waals surface area (Å²) >= 11 is 1.75. The Balaban J connectivity index is 1.58. The van der Waals surface area contributed by atoms with Crippen LogP contribution in [0.15, 0.2) is 47.5 Å². The minimum Gasteiger partial charge on any atom is -0.293 e. The molecule has 0 amide bonds. The maximum absolute atomic E-state index is 4.77. The maximum Gasteiger partial charge on any atom is 0.160 e. The molecule has 5 heteroatoms. The van der Waals surface area contributed by atoms with Crippen LogP contribution in [0.25, 0.3) is 11.4 Å². The Morgan fingerprint density at radius 3 is 3.05 bits per heavy atom. The number of pyridine rings is 1. The molecule has 1 aliphatic rings. The first kappa shape index (κ1) is 13.5. The van der Waals surface area contributed by atoms with Crippen LogP contribution < -0.4 is 0 Å². The molecule has 4 nitrogen and oxygen atoms in total. The van der Waals surface area contributed by atoms with Crippen LogP contribution in [0, 0.1) is 0 Å². The lowest BCUT2D eigenvalue weighted by Gasteiger charge is -2.27. The van der Waals surface area contributed by atoms with E-state index in [1.807, 2.05) is 24.5 Å². The minimum atomic E-state index is 0.768. The lowest BCUT2D eigenvalue weighted by atomic mass is 10.1. The van der Waals surface area contributed by atoms with E-state index in [1.165, 1.54) is 11.1 Å². The largest absolute Gasteiger partial charge is 0.293 e. The van der Waals surface area contributed by atoms with Gasteiger partial charge in [-0.25, -0.2) is 9.97 Å². The van der Waals surface area contributed by atoms with Gasteiger partial charge in [0.2, 0.25) is 0 Å². The summed E-state index contributed by atoms with van der Waals surface area (Å²) in [7, 11) is 0. The highest BCUT2D eigenvalue weighted by atomic mass is 32.1. The molecule has 3 aromatic rings. The van der Waals surface area contributed by atoms with E-state index in [0.29, 0.717) is 0 Å². The monoisotopic (exact) mass is 308 g/mol. The highest BCUT2D eigenvalue weighted by Crippen LogP contribution is 2.22. The molecule has 0 saturated carbocycles. The predicted octanol–water partition coefficient (Wildman–Crippen LogP) is 3.16. The topological polar surface area (TPSA) is 41.9 Å². The second kappa shape index (κ2) is 5.94. The second-order valence-corrected chi connectivity index (χ2v) is 6.28. The van der Waals surface area contributed by atoms with E-state index in [4.69, 9.17) is 4.98 Å². The summed E-state index contributed by atoms with van der Waals surface area (Å²) in [6, 6.07) is 6.11. The molecule has 0 spiro atoms. The minimum absolute atomic E-state index is 0.768. The number of fused-ring (bicyclic) bond motifs is 1. The van der Waals surface area contributed by atoms with E-state index in [1.54, 1.807) is 17.5 Å². The van der Waals surface area contributed by atoms with Gasteiger partial charge in [0.15, 0.2) is 5.82 Å². The van der Waals surface area contributed by atoms with Gasteiger partial charge in [-0.2, -0.15) is 11.3 Å². The fourth-order valence-corrected chi connectivity index (χ4v) is 3.43. The van der Waals surface area contributed by atoms with Gasteiger partial charge in [0, 0.05) is 43.8 Å². The molecule has 0 N–H and O–H groups in total. The van der Waals surface area contributed by atoms with Crippen molar-refractivity contribution >= 4 is 11.3 Å². The molecule has 0 fully saturated rings. The molecule has 4 rings (SSSR count). The summed E-state index contributed by atoms with van der Waals surface area (Å²) in [6.45, 7) is 2.95. The number of hydrogen-bond donors (Lipinski definition) is 0. The molecule has 0 aliphatic carbocycles. The second-order valence-electron chi connectivity index (χ2n) is 5.50. The molecule has 0 atom stereocenters. The summed E-state index contributed by atoms with van der Waals surface area (Å²) in [5.41, 5.74) is 4.78. The number of aromatic nitrogens is 3. The van der Waals surface area contributed by atoms with E-state index in [9.17, 15) is 0 Å². The lowest BCUT2D eigenvalue weighted by Crippen LogP contribution is -2.30. The Morgan fingerprint density at radius 2 is 2.23 bits per heavy atom. The van der Waals surface area contributed by atoms with Crippen LogP contribution in [-0.4, -0.2) is 26.4 Å². The van der Waals surface area contributed by atoms with Crippen molar-refractivity contribution < 1.29 is 0 Å². The maximum atomic E-state index is 4.77. The first-order chi connectivity index (χ1) is 10.9. The molecule has 0 radical (unpaired) electrons. The van der Waals surface area contributed by atoms with E-state index >= 15 is 0 Å². The highest BCUT2D eigenvalue weighted by Gasteiger charge is 2.19. The number of rotatable bonds is 3. The third kappa shape index (κ3) is 2.77. The van der Waals surface area contributed by atoms with E-state index in [2.05, 4.69) is 31.7 Å². The van der Waals surface area contributed by atoms with Crippen molar-refractivity contribution in [1.82, 2.24) is 19.9 Å². The first-order valence-corrected chi connectivity index (χ1v) is 8.31. The normalized spacial score (nSPS) is 14.7. The van der Waals surface area contributed by atoms with Gasteiger partial charge in [-0.15, -0.1) is 0 Å². The van der Waals surface area contributed by atoms with Crippen molar-refractivity contribution in [3.05, 3.63) is 64.4 Å². The number of thiophene rings is 1. The fraction of sp³-hybridized carbons (Fsp3) is 0.235. The average molecular weight is 308 g/mol. The van der Waals surface area contributed by atoms with Crippen LogP contribution in [0.5, 0.6) is 0 Å². The third-order valence-electron chi connectivity index (χ3n) is 3.93. The van der Waals surface area contributed by atoms with Crippen LogP contribution in [0.2, 0.25) is 0 Å². The summed E-state index contributed by atoms with van der Waals surface area (Å²) in [6.07, 6.45) is 6.58. The van der Waals surface area contributed by atoms with E-state index in [0.717, 1.165) is 43.1 Å². The molecule has 110 valence electrons. The molecule has 1 aliphatic heterocycles. The molecular weight excluding hydrogens is 292 g/mol. The van der Waals surface area contributed by atoms with Crippen LogP contribution in [-0.2, 0) is 19.5 Å². The van der Waals surface area contributed by atoms with Crippen LogP contribution in [0.4, 0.5) is 0 Å². The third-order valence-corrected chi connectivity index (χ3v) is 4.66. The van der Waals surface area contributed by atoms with Gasteiger partial charge in [-0.1, -0.05) is 0 Å². The number of nitrogens with zero attached hydrogens (tertiary/aromatic N) is 4. The van der Waals surface area contributed by atoms with Crippen molar-refractivity contribution in [3.63, 3.8) is 0 Å². The zero-order valence-electron chi connectivity index (χ0n) is 12.1. The van der Waals surface area contributed by atoms with Crippen molar-refractivity contribution in [2.75, 3.05) is 6.54 Å². The van der Waals surface area contributed by atoms with Gasteiger partial charge < -0.3 is 0 Å². The smallest absolute Gasteiger partial charge is 0.160 e. The Hall–Kier alpha value is -2.11. The quantitative estimate of drug-likeness (QED) is 0.745. The average Bonchev–Trinajstić information content (AvgIpc) is 3.08. The predicted molar refractivity (Wildman–Crippen MR) is 87.4 cm³/mol. The van der Waals surface area contributed by atoms with Gasteiger partial charge in [0.25, 0.3) is 0 Å². The first-order valence-electron chi connectivity index (χ1n) is 7.37. The fourth-order valence-electron chi connectivity index (χ4n) is 2.77. The van der Waals surface area contributed by atoms with Crippen LogP contribution in [0.1, 0.15) is 16.8 Å². The summed E-state index contributed by atoms with van der Waals surface area (Å²) in [4.78, 5) is 15.9. The van der Waals surface area contributed by atoms with Crippen molar-refractivity contribution in [1.29, 1.82) is 0 Å². The Labute approximate surface area is 133 Å². The van der Waals surface area contributed by atoms with Crippen LogP contribution >= 0.6 is 11.3 Å². The molecule has 0 aromatic carbocycles. The summed E-state index contributed by atoms with van der Waals surface area (Å²) < 4.78 is 0. The SMILES string of the molecule is c1cncc(-c2ncc3c(n2)CN(Cc2ccsc2)CC3)c1. The van der Waals surface area contributed by atoms with E-state index < -0.39 is 0 Å². The van der Waals surface area contributed by atoms with Gasteiger partial charge in [0.1, 0.15) is 0 Å². The molecule has 4 heterocycles. The van der Waals surface area contributed by atoms with Crippen LogP contribution in [0.3, 0.4) is 0 Å². The van der Waals surface area contributed by atoms with Gasteiger partial charge >= 0.3 is 0 Å². The molecule has 22 heavy (non-hydrogen) atoms. The Kier molecular flexibility index (Phi) is 3.66. The molecule has 0 unspecified atom stereocenters. The summed E-state index contributed by atoms with van der Waals surface area (Å²) in [5.74, 6) is 0.768. The molecule has 0 bridgehead atoms. The summed E-state index contributed by atoms with van der Waals surface area (Å²) in [5, 5.41) is 4.35. The van der Waals surface area contributed by atoms with Crippen molar-refractivity contribution in [2.24, 2.45) is 0 Å². The standard InChI is InChI=1S/C17H16N4S/c1-2-15(8-18-5-1)17-19-9-14-3-6-21(11-16(14)20-17)10-13-4-7-22-12-13/h1-2,4-5,7-9,12H,3,6,10-11H2. The highest BCUT2D eigenvalue weighted by molar-refractivity contribution is 7.07. The van der Waals surface area contributed by atoms with Crippen molar-refractivity contribution in [2.45, 2.75) is 19.5 Å². The molecule has 3 aromatic heterocycles.